The zero-order valence-corrected chi connectivity index (χ0v) is 14.1. The highest BCUT2D eigenvalue weighted by atomic mass is 79.9. The summed E-state index contributed by atoms with van der Waals surface area (Å²) in [7, 11) is 0. The van der Waals surface area contributed by atoms with Crippen molar-refractivity contribution in [1.82, 2.24) is 10.6 Å². The van der Waals surface area contributed by atoms with E-state index in [0.717, 1.165) is 10.0 Å². The molecule has 0 spiro atoms. The lowest BCUT2D eigenvalue weighted by Gasteiger charge is -2.14. The lowest BCUT2D eigenvalue weighted by atomic mass is 10.1. The molecule has 0 aliphatic rings. The number of rotatable bonds is 5. The van der Waals surface area contributed by atoms with Gasteiger partial charge in [0, 0.05) is 10.0 Å². The van der Waals surface area contributed by atoms with Crippen LogP contribution in [0.25, 0.3) is 0 Å². The highest BCUT2D eigenvalue weighted by Crippen LogP contribution is 2.12. The lowest BCUT2D eigenvalue weighted by molar-refractivity contribution is -0.120. The van der Waals surface area contributed by atoms with E-state index in [4.69, 9.17) is 0 Å². The van der Waals surface area contributed by atoms with Crippen LogP contribution in [0.2, 0.25) is 0 Å². The van der Waals surface area contributed by atoms with Crippen LogP contribution < -0.4 is 10.6 Å². The van der Waals surface area contributed by atoms with E-state index in [1.165, 1.54) is 12.1 Å². The minimum Gasteiger partial charge on any atom is -0.348 e. The number of benzene rings is 2. The Bertz CT molecular complexity index is 687. The average molecular weight is 379 g/mol. The fourth-order valence-electron chi connectivity index (χ4n) is 1.99. The number of amides is 2. The standard InChI is InChI=1S/C17H16BrFN2O2/c1-11(12-4-8-15(19)9-5-12)21-16(22)10-20-17(23)13-2-6-14(18)7-3-13/h2-9,11H,10H2,1H3,(H,20,23)(H,21,22)/t11-/m0/s1. The van der Waals surface area contributed by atoms with E-state index in [0.29, 0.717) is 5.56 Å². The maximum absolute atomic E-state index is 12.9. The molecule has 23 heavy (non-hydrogen) atoms. The summed E-state index contributed by atoms with van der Waals surface area (Å²) in [6.07, 6.45) is 0. The van der Waals surface area contributed by atoms with Crippen molar-refractivity contribution >= 4 is 27.7 Å². The molecule has 1 atom stereocenters. The monoisotopic (exact) mass is 378 g/mol. The Hall–Kier alpha value is -2.21. The van der Waals surface area contributed by atoms with Crippen LogP contribution in [-0.2, 0) is 4.79 Å². The number of halogens is 2. The molecule has 2 N–H and O–H groups in total. The molecule has 0 aliphatic heterocycles. The van der Waals surface area contributed by atoms with E-state index in [1.807, 2.05) is 0 Å². The molecule has 6 heteroatoms. The second-order valence-electron chi connectivity index (χ2n) is 5.03. The Morgan fingerprint density at radius 1 is 1.09 bits per heavy atom. The van der Waals surface area contributed by atoms with E-state index >= 15 is 0 Å². The summed E-state index contributed by atoms with van der Waals surface area (Å²) in [6.45, 7) is 1.67. The average Bonchev–Trinajstić information content (AvgIpc) is 2.54. The zero-order valence-electron chi connectivity index (χ0n) is 12.5. The molecule has 0 unspecified atom stereocenters. The SMILES string of the molecule is C[C@H](NC(=O)CNC(=O)c1ccc(Br)cc1)c1ccc(F)cc1. The Morgan fingerprint density at radius 2 is 1.70 bits per heavy atom. The first-order chi connectivity index (χ1) is 11.0. The van der Waals surface area contributed by atoms with Gasteiger partial charge in [-0.3, -0.25) is 9.59 Å². The van der Waals surface area contributed by atoms with Gasteiger partial charge in [-0.25, -0.2) is 4.39 Å². The summed E-state index contributed by atoms with van der Waals surface area (Å²) in [5.41, 5.74) is 1.27. The zero-order chi connectivity index (χ0) is 16.8. The van der Waals surface area contributed by atoms with Crippen molar-refractivity contribution in [3.05, 3.63) is 69.9 Å². The van der Waals surface area contributed by atoms with Gasteiger partial charge in [-0.15, -0.1) is 0 Å². The summed E-state index contributed by atoms with van der Waals surface area (Å²) < 4.78 is 13.7. The van der Waals surface area contributed by atoms with Crippen LogP contribution in [-0.4, -0.2) is 18.4 Å². The summed E-state index contributed by atoms with van der Waals surface area (Å²) in [6, 6.07) is 12.5. The molecular weight excluding hydrogens is 363 g/mol. The molecule has 0 radical (unpaired) electrons. The second-order valence-corrected chi connectivity index (χ2v) is 5.95. The summed E-state index contributed by atoms with van der Waals surface area (Å²) in [5.74, 6) is -0.955. The maximum atomic E-state index is 12.9. The van der Waals surface area contributed by atoms with E-state index in [1.54, 1.807) is 43.3 Å². The Balaban J connectivity index is 1.83. The second kappa shape index (κ2) is 7.87. The Kier molecular flexibility index (Phi) is 5.87. The van der Waals surface area contributed by atoms with Gasteiger partial charge >= 0.3 is 0 Å². The summed E-state index contributed by atoms with van der Waals surface area (Å²) in [5, 5.41) is 5.31. The number of hydrogen-bond acceptors (Lipinski definition) is 2. The lowest BCUT2D eigenvalue weighted by Crippen LogP contribution is -2.38. The molecule has 0 aromatic heterocycles. The van der Waals surface area contributed by atoms with Crippen LogP contribution >= 0.6 is 15.9 Å². The molecule has 2 rings (SSSR count). The molecule has 0 heterocycles. The van der Waals surface area contributed by atoms with Crippen molar-refractivity contribution < 1.29 is 14.0 Å². The van der Waals surface area contributed by atoms with Crippen LogP contribution in [0, 0.1) is 5.82 Å². The molecule has 0 saturated heterocycles. The third kappa shape index (κ3) is 5.17. The van der Waals surface area contributed by atoms with Gasteiger partial charge in [-0.05, 0) is 48.9 Å². The topological polar surface area (TPSA) is 58.2 Å². The minimum atomic E-state index is -0.325. The molecule has 2 amide bonds. The molecule has 2 aromatic carbocycles. The predicted molar refractivity (Wildman–Crippen MR) is 89.4 cm³/mol. The molecule has 0 aliphatic carbocycles. The number of nitrogens with one attached hydrogen (secondary N) is 2. The fourth-order valence-corrected chi connectivity index (χ4v) is 2.26. The smallest absolute Gasteiger partial charge is 0.251 e. The van der Waals surface area contributed by atoms with Crippen LogP contribution in [0.5, 0.6) is 0 Å². The van der Waals surface area contributed by atoms with E-state index in [2.05, 4.69) is 26.6 Å². The first-order valence-corrected chi connectivity index (χ1v) is 7.83. The van der Waals surface area contributed by atoms with Crippen molar-refractivity contribution in [2.75, 3.05) is 6.54 Å². The highest BCUT2D eigenvalue weighted by Gasteiger charge is 2.11. The molecule has 0 saturated carbocycles. The van der Waals surface area contributed by atoms with E-state index in [-0.39, 0.29) is 30.2 Å². The van der Waals surface area contributed by atoms with Crippen molar-refractivity contribution in [1.29, 1.82) is 0 Å². The van der Waals surface area contributed by atoms with Gasteiger partial charge < -0.3 is 10.6 Å². The number of hydrogen-bond donors (Lipinski definition) is 2. The van der Waals surface area contributed by atoms with Crippen molar-refractivity contribution in [3.63, 3.8) is 0 Å². The van der Waals surface area contributed by atoms with Gasteiger partial charge in [0.05, 0.1) is 12.6 Å². The molecule has 4 nitrogen and oxygen atoms in total. The molecule has 0 fully saturated rings. The maximum Gasteiger partial charge on any atom is 0.251 e. The van der Waals surface area contributed by atoms with Gasteiger partial charge in [-0.2, -0.15) is 0 Å². The van der Waals surface area contributed by atoms with Crippen LogP contribution in [0.15, 0.2) is 53.0 Å². The first kappa shape index (κ1) is 17.1. The Morgan fingerprint density at radius 3 is 2.30 bits per heavy atom. The molecule has 2 aromatic rings. The van der Waals surface area contributed by atoms with Crippen molar-refractivity contribution in [2.24, 2.45) is 0 Å². The van der Waals surface area contributed by atoms with Crippen LogP contribution in [0.3, 0.4) is 0 Å². The van der Waals surface area contributed by atoms with Crippen molar-refractivity contribution in [3.8, 4) is 0 Å². The van der Waals surface area contributed by atoms with Crippen LogP contribution in [0.1, 0.15) is 28.9 Å². The predicted octanol–water partition coefficient (Wildman–Crippen LogP) is 3.20. The normalized spacial score (nSPS) is 11.6. The summed E-state index contributed by atoms with van der Waals surface area (Å²) >= 11 is 3.29. The molecule has 0 bridgehead atoms. The largest absolute Gasteiger partial charge is 0.348 e. The molecular formula is C17H16BrFN2O2. The minimum absolute atomic E-state index is 0.125. The summed E-state index contributed by atoms with van der Waals surface area (Å²) in [4.78, 5) is 23.8. The van der Waals surface area contributed by atoms with Gasteiger partial charge in [0.2, 0.25) is 5.91 Å². The Labute approximate surface area is 142 Å². The van der Waals surface area contributed by atoms with E-state index in [9.17, 15) is 14.0 Å². The quantitative estimate of drug-likeness (QED) is 0.839. The number of carbonyl (C=O) groups is 2. The van der Waals surface area contributed by atoms with E-state index < -0.39 is 0 Å². The third-order valence-electron chi connectivity index (χ3n) is 3.26. The highest BCUT2D eigenvalue weighted by molar-refractivity contribution is 9.10. The first-order valence-electron chi connectivity index (χ1n) is 7.04. The fraction of sp³-hybridized carbons (Fsp3) is 0.176. The van der Waals surface area contributed by atoms with Gasteiger partial charge in [0.15, 0.2) is 0 Å². The van der Waals surface area contributed by atoms with Gasteiger partial charge in [-0.1, -0.05) is 28.1 Å². The van der Waals surface area contributed by atoms with Crippen molar-refractivity contribution in [2.45, 2.75) is 13.0 Å². The third-order valence-corrected chi connectivity index (χ3v) is 3.79. The number of carbonyl (C=O) groups excluding carboxylic acids is 2. The van der Waals surface area contributed by atoms with Crippen LogP contribution in [0.4, 0.5) is 4.39 Å². The van der Waals surface area contributed by atoms with Gasteiger partial charge in [0.1, 0.15) is 5.82 Å². The van der Waals surface area contributed by atoms with Gasteiger partial charge in [0.25, 0.3) is 5.91 Å². The molecule has 120 valence electrons.